The lowest BCUT2D eigenvalue weighted by Crippen LogP contribution is -2.03. The van der Waals surface area contributed by atoms with Crippen molar-refractivity contribution in [1.82, 2.24) is 4.98 Å². The molecule has 1 N–H and O–H groups in total. The maximum Gasteiger partial charge on any atom is 0.0967 e. The molecule has 1 heterocycles. The minimum absolute atomic E-state index is 0.510. The third-order valence-corrected chi connectivity index (χ3v) is 5.30. The number of hydrogen-bond acceptors (Lipinski definition) is 3. The second kappa shape index (κ2) is 5.97. The first-order valence-corrected chi connectivity index (χ1v) is 8.38. The monoisotopic (exact) mass is 415 g/mol. The summed E-state index contributed by atoms with van der Waals surface area (Å²) in [7, 11) is 0. The van der Waals surface area contributed by atoms with Crippen molar-refractivity contribution >= 4 is 55.7 Å². The van der Waals surface area contributed by atoms with E-state index in [4.69, 9.17) is 11.6 Å². The van der Waals surface area contributed by atoms with Crippen molar-refractivity contribution in [1.29, 1.82) is 0 Å². The lowest BCUT2D eigenvalue weighted by atomic mass is 10.1. The molecule has 3 rings (SSSR count). The van der Waals surface area contributed by atoms with Crippen LogP contribution < -0.4 is 0 Å². The molecule has 2 aromatic carbocycles. The molecule has 0 saturated carbocycles. The van der Waals surface area contributed by atoms with Crippen LogP contribution in [-0.4, -0.2) is 10.1 Å². The van der Waals surface area contributed by atoms with Crippen LogP contribution in [0.25, 0.3) is 10.2 Å². The second-order valence-corrected chi connectivity index (χ2v) is 7.17. The van der Waals surface area contributed by atoms with Crippen LogP contribution in [0.5, 0.6) is 0 Å². The molecular weight excluding hydrogens is 405 g/mol. The molecule has 1 aromatic heterocycles. The van der Waals surface area contributed by atoms with Crippen molar-refractivity contribution in [3.63, 3.8) is 0 Å². The average molecular weight is 416 g/mol. The third kappa shape index (κ3) is 2.98. The molecule has 0 fully saturated rings. The molecule has 1 unspecified atom stereocenters. The number of thiazole rings is 1. The minimum Gasteiger partial charge on any atom is -0.388 e. The first kappa shape index (κ1) is 14.3. The molecule has 0 amide bonds. The zero-order chi connectivity index (χ0) is 14.1. The molecule has 0 saturated heterocycles. The molecule has 102 valence electrons. The fourth-order valence-corrected chi connectivity index (χ4v) is 3.93. The van der Waals surface area contributed by atoms with Gasteiger partial charge in [0.15, 0.2) is 0 Å². The Bertz CT molecular complexity index is 725. The predicted molar refractivity (Wildman–Crippen MR) is 92.5 cm³/mol. The van der Waals surface area contributed by atoms with Crippen molar-refractivity contribution in [2.24, 2.45) is 0 Å². The molecule has 5 heteroatoms. The topological polar surface area (TPSA) is 33.1 Å². The van der Waals surface area contributed by atoms with Gasteiger partial charge in [-0.1, -0.05) is 23.7 Å². The van der Waals surface area contributed by atoms with Crippen LogP contribution in [0.3, 0.4) is 0 Å². The van der Waals surface area contributed by atoms with Gasteiger partial charge in [0, 0.05) is 15.0 Å². The summed E-state index contributed by atoms with van der Waals surface area (Å²) in [6, 6.07) is 13.6. The molecule has 2 nitrogen and oxygen atoms in total. The van der Waals surface area contributed by atoms with Gasteiger partial charge in [0.05, 0.1) is 21.3 Å². The number of aromatic nitrogens is 1. The van der Waals surface area contributed by atoms with Crippen LogP contribution in [0.1, 0.15) is 16.7 Å². The van der Waals surface area contributed by atoms with Gasteiger partial charge in [0.1, 0.15) is 0 Å². The van der Waals surface area contributed by atoms with Crippen molar-refractivity contribution in [2.45, 2.75) is 12.5 Å². The third-order valence-electron chi connectivity index (χ3n) is 3.02. The van der Waals surface area contributed by atoms with Crippen LogP contribution in [0.2, 0.25) is 5.02 Å². The molecule has 0 spiro atoms. The van der Waals surface area contributed by atoms with E-state index in [2.05, 4.69) is 27.6 Å². The van der Waals surface area contributed by atoms with Gasteiger partial charge < -0.3 is 5.11 Å². The van der Waals surface area contributed by atoms with E-state index in [1.807, 2.05) is 42.5 Å². The molecule has 0 radical (unpaired) electrons. The van der Waals surface area contributed by atoms with Crippen molar-refractivity contribution < 1.29 is 5.11 Å². The van der Waals surface area contributed by atoms with E-state index in [0.29, 0.717) is 11.4 Å². The van der Waals surface area contributed by atoms with Gasteiger partial charge in [-0.3, -0.25) is 0 Å². The van der Waals surface area contributed by atoms with E-state index in [0.717, 1.165) is 24.4 Å². The minimum atomic E-state index is -0.582. The quantitative estimate of drug-likeness (QED) is 0.622. The van der Waals surface area contributed by atoms with Crippen LogP contribution in [-0.2, 0) is 6.42 Å². The van der Waals surface area contributed by atoms with Gasteiger partial charge in [-0.2, -0.15) is 0 Å². The van der Waals surface area contributed by atoms with Crippen molar-refractivity contribution in [2.75, 3.05) is 0 Å². The smallest absolute Gasteiger partial charge is 0.0967 e. The lowest BCUT2D eigenvalue weighted by molar-refractivity contribution is 0.177. The molecule has 0 aliphatic rings. The normalized spacial score (nSPS) is 12.8. The van der Waals surface area contributed by atoms with Gasteiger partial charge >= 0.3 is 0 Å². The number of para-hydroxylation sites is 1. The van der Waals surface area contributed by atoms with E-state index in [1.54, 1.807) is 11.3 Å². The number of fused-ring (bicyclic) bond motifs is 1. The lowest BCUT2D eigenvalue weighted by Gasteiger charge is -2.11. The molecular formula is C15H11ClINOS. The number of aliphatic hydroxyl groups excluding tert-OH is 1. The highest BCUT2D eigenvalue weighted by Crippen LogP contribution is 2.29. The summed E-state index contributed by atoms with van der Waals surface area (Å²) in [6.07, 6.45) is -0.0726. The highest BCUT2D eigenvalue weighted by atomic mass is 127. The summed E-state index contributed by atoms with van der Waals surface area (Å²) in [6.45, 7) is 0. The van der Waals surface area contributed by atoms with E-state index in [-0.39, 0.29) is 0 Å². The number of benzene rings is 2. The molecule has 0 aliphatic heterocycles. The maximum absolute atomic E-state index is 10.4. The first-order chi connectivity index (χ1) is 9.63. The van der Waals surface area contributed by atoms with E-state index >= 15 is 0 Å². The zero-order valence-electron chi connectivity index (χ0n) is 10.4. The zero-order valence-corrected chi connectivity index (χ0v) is 14.1. The van der Waals surface area contributed by atoms with Crippen LogP contribution >= 0.6 is 45.5 Å². The number of halogens is 2. The molecule has 0 bridgehead atoms. The SMILES string of the molecule is OC(Cc1nc2ccccc2s1)c1cc(Cl)ccc1I. The summed E-state index contributed by atoms with van der Waals surface area (Å²) in [5.74, 6) is 0. The Morgan fingerprint density at radius 1 is 1.25 bits per heavy atom. The largest absolute Gasteiger partial charge is 0.388 e. The fraction of sp³-hybridized carbons (Fsp3) is 0.133. The first-order valence-electron chi connectivity index (χ1n) is 6.11. The Morgan fingerprint density at radius 3 is 2.85 bits per heavy atom. The van der Waals surface area contributed by atoms with E-state index < -0.39 is 6.10 Å². The average Bonchev–Trinajstić information content (AvgIpc) is 2.83. The second-order valence-electron chi connectivity index (χ2n) is 4.46. The Morgan fingerprint density at radius 2 is 2.05 bits per heavy atom. The Kier molecular flexibility index (Phi) is 4.26. The maximum atomic E-state index is 10.4. The summed E-state index contributed by atoms with van der Waals surface area (Å²) < 4.78 is 2.16. The van der Waals surface area contributed by atoms with Gasteiger partial charge in [0.25, 0.3) is 0 Å². The van der Waals surface area contributed by atoms with Crippen LogP contribution in [0.15, 0.2) is 42.5 Å². The van der Waals surface area contributed by atoms with Crippen molar-refractivity contribution in [3.8, 4) is 0 Å². The summed E-state index contributed by atoms with van der Waals surface area (Å²) in [5, 5.41) is 12.0. The Hall–Kier alpha value is -0.690. The van der Waals surface area contributed by atoms with Crippen LogP contribution in [0.4, 0.5) is 0 Å². The number of nitrogens with zero attached hydrogens (tertiary/aromatic N) is 1. The van der Waals surface area contributed by atoms with E-state index in [9.17, 15) is 5.11 Å². The molecule has 3 aromatic rings. The van der Waals surface area contributed by atoms with Gasteiger partial charge in [-0.25, -0.2) is 4.98 Å². The van der Waals surface area contributed by atoms with Crippen molar-refractivity contribution in [3.05, 3.63) is 61.6 Å². The highest BCUT2D eigenvalue weighted by molar-refractivity contribution is 14.1. The molecule has 0 aliphatic carbocycles. The van der Waals surface area contributed by atoms with Crippen LogP contribution in [0, 0.1) is 3.57 Å². The predicted octanol–water partition coefficient (Wildman–Crippen LogP) is 4.83. The standard InChI is InChI=1S/C15H11ClINOS/c16-9-5-6-11(17)10(7-9)13(19)8-15-18-12-3-1-2-4-14(12)20-15/h1-7,13,19H,8H2. The molecule has 1 atom stereocenters. The van der Waals surface area contributed by atoms with Gasteiger partial charge in [0.2, 0.25) is 0 Å². The van der Waals surface area contributed by atoms with Gasteiger partial charge in [-0.05, 0) is 58.5 Å². The number of aliphatic hydroxyl groups is 1. The Labute approximate surface area is 139 Å². The molecule has 20 heavy (non-hydrogen) atoms. The summed E-state index contributed by atoms with van der Waals surface area (Å²) >= 11 is 9.84. The number of hydrogen-bond donors (Lipinski definition) is 1. The van der Waals surface area contributed by atoms with E-state index in [1.165, 1.54) is 0 Å². The summed E-state index contributed by atoms with van der Waals surface area (Å²) in [4.78, 5) is 4.55. The fourth-order valence-electron chi connectivity index (χ4n) is 2.05. The van der Waals surface area contributed by atoms with Gasteiger partial charge in [-0.15, -0.1) is 11.3 Å². The Balaban J connectivity index is 1.88. The summed E-state index contributed by atoms with van der Waals surface area (Å²) in [5.41, 5.74) is 1.85. The number of rotatable bonds is 3. The highest BCUT2D eigenvalue weighted by Gasteiger charge is 2.15.